The molecule has 2 N–H and O–H groups in total. The van der Waals surface area contributed by atoms with Gasteiger partial charge in [-0.1, -0.05) is 6.07 Å². The maximum absolute atomic E-state index is 12.1. The second kappa shape index (κ2) is 7.00. The summed E-state index contributed by atoms with van der Waals surface area (Å²) >= 11 is 0. The number of carbonyl (C=O) groups excluding carboxylic acids is 2. The molecule has 1 saturated heterocycles. The van der Waals surface area contributed by atoms with Crippen LogP contribution in [0.1, 0.15) is 30.5 Å². The number of imidazole rings is 1. The molecule has 2 aromatic heterocycles. The van der Waals surface area contributed by atoms with Crippen molar-refractivity contribution in [1.82, 2.24) is 19.6 Å². The van der Waals surface area contributed by atoms with Crippen molar-refractivity contribution in [2.75, 3.05) is 13.1 Å². The summed E-state index contributed by atoms with van der Waals surface area (Å²) in [6.07, 6.45) is 4.88. The number of rotatable bonds is 4. The normalized spacial score (nSPS) is 18.7. The van der Waals surface area contributed by atoms with Crippen LogP contribution in [0, 0.1) is 6.92 Å². The minimum Gasteiger partial charge on any atom is -0.383 e. The largest absolute Gasteiger partial charge is 0.383 e. The highest BCUT2D eigenvalue weighted by Gasteiger charge is 2.26. The number of carbonyl (C=O) groups is 2. The molecule has 128 valence electrons. The number of aliphatic hydroxyl groups is 1. The molecule has 1 fully saturated rings. The number of aliphatic hydroxyl groups excluding tert-OH is 1. The van der Waals surface area contributed by atoms with Gasteiger partial charge in [0.1, 0.15) is 11.8 Å². The van der Waals surface area contributed by atoms with E-state index in [2.05, 4.69) is 10.3 Å². The lowest BCUT2D eigenvalue weighted by molar-refractivity contribution is -0.142. The van der Waals surface area contributed by atoms with Crippen molar-refractivity contribution >= 4 is 17.5 Å². The molecule has 1 aliphatic heterocycles. The van der Waals surface area contributed by atoms with E-state index in [1.165, 1.54) is 4.90 Å². The molecule has 0 spiro atoms. The number of fused-ring (bicyclic) bond motifs is 1. The van der Waals surface area contributed by atoms with Crippen LogP contribution in [0.5, 0.6) is 0 Å². The van der Waals surface area contributed by atoms with Gasteiger partial charge < -0.3 is 19.7 Å². The van der Waals surface area contributed by atoms with Gasteiger partial charge in [0.15, 0.2) is 0 Å². The lowest BCUT2D eigenvalue weighted by Crippen LogP contribution is -2.44. The van der Waals surface area contributed by atoms with Crippen LogP contribution >= 0.6 is 0 Å². The van der Waals surface area contributed by atoms with Gasteiger partial charge >= 0.3 is 0 Å². The first kappa shape index (κ1) is 16.4. The van der Waals surface area contributed by atoms with Crippen molar-refractivity contribution in [2.24, 2.45) is 0 Å². The average Bonchev–Trinajstić information content (AvgIpc) is 2.92. The summed E-state index contributed by atoms with van der Waals surface area (Å²) in [4.78, 5) is 30.0. The molecule has 3 heterocycles. The minimum atomic E-state index is -0.985. The lowest BCUT2D eigenvalue weighted by Gasteiger charge is -2.21. The Bertz CT molecular complexity index is 755. The molecule has 0 aliphatic carbocycles. The molecule has 7 nitrogen and oxygen atoms in total. The predicted octanol–water partition coefficient (Wildman–Crippen LogP) is 0.632. The smallest absolute Gasteiger partial charge is 0.251 e. The monoisotopic (exact) mass is 330 g/mol. The fraction of sp³-hybridized carbons (Fsp3) is 0.471. The van der Waals surface area contributed by atoms with Crippen molar-refractivity contribution in [3.8, 4) is 0 Å². The zero-order valence-electron chi connectivity index (χ0n) is 13.7. The number of aryl methyl sites for hydroxylation is 1. The molecule has 3 rings (SSSR count). The molecule has 1 atom stereocenters. The molecule has 2 aromatic rings. The Morgan fingerprint density at radius 2 is 2.29 bits per heavy atom. The van der Waals surface area contributed by atoms with Gasteiger partial charge in [0.2, 0.25) is 5.91 Å². The molecule has 2 amide bonds. The summed E-state index contributed by atoms with van der Waals surface area (Å²) in [5, 5.41) is 12.5. The Morgan fingerprint density at radius 1 is 1.46 bits per heavy atom. The number of hydrogen-bond acceptors (Lipinski definition) is 4. The molecule has 0 aromatic carbocycles. The summed E-state index contributed by atoms with van der Waals surface area (Å²) < 4.78 is 1.92. The topological polar surface area (TPSA) is 86.9 Å². The van der Waals surface area contributed by atoms with Crippen molar-refractivity contribution < 1.29 is 14.7 Å². The van der Waals surface area contributed by atoms with Gasteiger partial charge in [0, 0.05) is 18.9 Å². The molecule has 24 heavy (non-hydrogen) atoms. The standard InChI is InChI=1S/C17H22N4O3/c1-12-5-4-8-20-10-13(19-16(12)20)9-18-15(23)11-21-7-3-2-6-14(22)17(21)24/h4-5,8,10,14,22H,2-3,6-7,9,11H2,1H3,(H,18,23). The highest BCUT2D eigenvalue weighted by Crippen LogP contribution is 2.12. The summed E-state index contributed by atoms with van der Waals surface area (Å²) in [6.45, 7) is 2.78. The molecule has 1 aliphatic rings. The number of likely N-dealkylation sites (tertiary alicyclic amines) is 1. The van der Waals surface area contributed by atoms with Crippen LogP contribution in [0.4, 0.5) is 0 Å². The quantitative estimate of drug-likeness (QED) is 0.861. The molecule has 0 bridgehead atoms. The lowest BCUT2D eigenvalue weighted by atomic mass is 10.2. The Balaban J connectivity index is 1.58. The fourth-order valence-corrected chi connectivity index (χ4v) is 2.95. The number of nitrogens with zero attached hydrogens (tertiary/aromatic N) is 3. The van der Waals surface area contributed by atoms with Crippen molar-refractivity contribution in [3.63, 3.8) is 0 Å². The summed E-state index contributed by atoms with van der Waals surface area (Å²) in [5.74, 6) is -0.600. The van der Waals surface area contributed by atoms with Gasteiger partial charge in [0.05, 0.1) is 18.8 Å². The van der Waals surface area contributed by atoms with E-state index >= 15 is 0 Å². The van der Waals surface area contributed by atoms with Gasteiger partial charge in [-0.25, -0.2) is 4.98 Å². The highest BCUT2D eigenvalue weighted by atomic mass is 16.3. The second-order valence-corrected chi connectivity index (χ2v) is 6.20. The van der Waals surface area contributed by atoms with Crippen LogP contribution in [-0.2, 0) is 16.1 Å². The van der Waals surface area contributed by atoms with E-state index in [4.69, 9.17) is 0 Å². The second-order valence-electron chi connectivity index (χ2n) is 6.20. The molecule has 0 radical (unpaired) electrons. The van der Waals surface area contributed by atoms with E-state index in [9.17, 15) is 14.7 Å². The first-order valence-corrected chi connectivity index (χ1v) is 8.21. The first-order chi connectivity index (χ1) is 11.5. The maximum atomic E-state index is 12.1. The number of aromatic nitrogens is 2. The molecule has 7 heteroatoms. The highest BCUT2D eigenvalue weighted by molar-refractivity contribution is 5.87. The van der Waals surface area contributed by atoms with Crippen LogP contribution < -0.4 is 5.32 Å². The number of nitrogens with one attached hydrogen (secondary N) is 1. The Kier molecular flexibility index (Phi) is 4.80. The van der Waals surface area contributed by atoms with Gasteiger partial charge in [-0.3, -0.25) is 9.59 Å². The molecular formula is C17H22N4O3. The summed E-state index contributed by atoms with van der Waals surface area (Å²) in [5.41, 5.74) is 2.70. The minimum absolute atomic E-state index is 0.0255. The molecule has 1 unspecified atom stereocenters. The van der Waals surface area contributed by atoms with Gasteiger partial charge in [-0.15, -0.1) is 0 Å². The third-order valence-corrected chi connectivity index (χ3v) is 4.28. The van der Waals surface area contributed by atoms with E-state index in [0.717, 1.165) is 29.7 Å². The van der Waals surface area contributed by atoms with Gasteiger partial charge in [-0.05, 0) is 37.8 Å². The predicted molar refractivity (Wildman–Crippen MR) is 88.2 cm³/mol. The molecule has 0 saturated carbocycles. The third-order valence-electron chi connectivity index (χ3n) is 4.28. The Morgan fingerprint density at radius 3 is 3.08 bits per heavy atom. The Hall–Kier alpha value is -2.41. The van der Waals surface area contributed by atoms with E-state index in [0.29, 0.717) is 19.5 Å². The van der Waals surface area contributed by atoms with Crippen molar-refractivity contribution in [1.29, 1.82) is 0 Å². The van der Waals surface area contributed by atoms with Crippen molar-refractivity contribution in [2.45, 2.75) is 38.8 Å². The van der Waals surface area contributed by atoms with Gasteiger partial charge in [-0.2, -0.15) is 0 Å². The van der Waals surface area contributed by atoms with Crippen LogP contribution in [0.2, 0.25) is 0 Å². The Labute approximate surface area is 140 Å². The van der Waals surface area contributed by atoms with Crippen LogP contribution in [0.15, 0.2) is 24.5 Å². The maximum Gasteiger partial charge on any atom is 0.251 e. The van der Waals surface area contributed by atoms with E-state index in [-0.39, 0.29) is 18.4 Å². The molecular weight excluding hydrogens is 308 g/mol. The number of pyridine rings is 1. The zero-order chi connectivity index (χ0) is 17.1. The van der Waals surface area contributed by atoms with E-state index < -0.39 is 6.10 Å². The third kappa shape index (κ3) is 3.56. The van der Waals surface area contributed by atoms with Crippen LogP contribution in [0.25, 0.3) is 5.65 Å². The summed E-state index contributed by atoms with van der Waals surface area (Å²) in [7, 11) is 0. The number of hydrogen-bond donors (Lipinski definition) is 2. The summed E-state index contributed by atoms with van der Waals surface area (Å²) in [6, 6.07) is 3.93. The fourth-order valence-electron chi connectivity index (χ4n) is 2.95. The average molecular weight is 330 g/mol. The first-order valence-electron chi connectivity index (χ1n) is 8.21. The van der Waals surface area contributed by atoms with E-state index in [1.807, 2.05) is 35.9 Å². The van der Waals surface area contributed by atoms with Crippen LogP contribution in [0.3, 0.4) is 0 Å². The van der Waals surface area contributed by atoms with E-state index in [1.54, 1.807) is 0 Å². The zero-order valence-corrected chi connectivity index (χ0v) is 13.7. The van der Waals surface area contributed by atoms with Crippen molar-refractivity contribution in [3.05, 3.63) is 35.8 Å². The van der Waals surface area contributed by atoms with Crippen LogP contribution in [-0.4, -0.2) is 50.4 Å². The number of amides is 2. The SMILES string of the molecule is Cc1cccn2cc(CNC(=O)CN3CCCCC(O)C3=O)nc12. The van der Waals surface area contributed by atoms with Gasteiger partial charge in [0.25, 0.3) is 5.91 Å².